The molecule has 0 aromatic heterocycles. The molecule has 13 heavy (non-hydrogen) atoms. The molecule has 1 N–H and O–H groups in total. The van der Waals surface area contributed by atoms with Gasteiger partial charge in [0.1, 0.15) is 0 Å². The van der Waals surface area contributed by atoms with Crippen LogP contribution in [-0.2, 0) is 4.43 Å². The van der Waals surface area contributed by atoms with Crippen LogP contribution in [0, 0.1) is 0 Å². The lowest BCUT2D eigenvalue weighted by molar-refractivity contribution is 0.406. The van der Waals surface area contributed by atoms with Gasteiger partial charge in [-0.2, -0.15) is 0 Å². The van der Waals surface area contributed by atoms with Gasteiger partial charge in [-0.15, -0.1) is 0 Å². The predicted octanol–water partition coefficient (Wildman–Crippen LogP) is 2.49. The Morgan fingerprint density at radius 3 is 2.38 bits per heavy atom. The number of para-hydroxylation sites is 1. The first kappa shape index (κ1) is 10.3. The van der Waals surface area contributed by atoms with Crippen LogP contribution in [0.2, 0.25) is 13.1 Å². The topological polar surface area (TPSA) is 21.3 Å². The van der Waals surface area contributed by atoms with Crippen molar-refractivity contribution in [3.63, 3.8) is 0 Å². The van der Waals surface area contributed by atoms with E-state index in [1.54, 1.807) is 7.11 Å². The largest absolute Gasteiger partial charge is 0.419 e. The van der Waals surface area contributed by atoms with Crippen LogP contribution in [0.3, 0.4) is 0 Å². The second-order valence-corrected chi connectivity index (χ2v) is 7.96. The fraction of sp³-hybridized carbons (Fsp3) is 0.400. The molecule has 0 aliphatic rings. The van der Waals surface area contributed by atoms with Crippen molar-refractivity contribution < 1.29 is 4.43 Å². The standard InChI is InChI=1S/C10H17NOSi/c1-12-13(2,3)9-11-10-7-5-4-6-8-10/h4-8,11H,9H2,1-3H3. The summed E-state index contributed by atoms with van der Waals surface area (Å²) in [5, 5.41) is 3.37. The number of hydrogen-bond acceptors (Lipinski definition) is 2. The number of anilines is 1. The van der Waals surface area contributed by atoms with Gasteiger partial charge in [-0.25, -0.2) is 0 Å². The van der Waals surface area contributed by atoms with Crippen LogP contribution in [0.4, 0.5) is 5.69 Å². The Balaban J connectivity index is 2.44. The Morgan fingerprint density at radius 1 is 1.23 bits per heavy atom. The highest BCUT2D eigenvalue weighted by molar-refractivity contribution is 6.71. The van der Waals surface area contributed by atoms with Crippen molar-refractivity contribution in [3.05, 3.63) is 30.3 Å². The van der Waals surface area contributed by atoms with Crippen LogP contribution in [0.5, 0.6) is 0 Å². The van der Waals surface area contributed by atoms with Crippen LogP contribution in [-0.4, -0.2) is 21.6 Å². The minimum Gasteiger partial charge on any atom is -0.419 e. The molecule has 3 heteroatoms. The predicted molar refractivity (Wildman–Crippen MR) is 59.4 cm³/mol. The SMILES string of the molecule is CO[Si](C)(C)CNc1ccccc1. The Kier molecular flexibility index (Phi) is 3.51. The second-order valence-electron chi connectivity index (χ2n) is 3.68. The van der Waals surface area contributed by atoms with Crippen LogP contribution < -0.4 is 5.32 Å². The van der Waals surface area contributed by atoms with Gasteiger partial charge in [-0.1, -0.05) is 18.2 Å². The molecule has 1 rings (SSSR count). The van der Waals surface area contributed by atoms with Crippen molar-refractivity contribution in [1.82, 2.24) is 0 Å². The Hall–Kier alpha value is -0.803. The van der Waals surface area contributed by atoms with E-state index in [-0.39, 0.29) is 0 Å². The maximum Gasteiger partial charge on any atom is 0.204 e. The molecule has 0 unspecified atom stereocenters. The van der Waals surface area contributed by atoms with Gasteiger partial charge in [-0.05, 0) is 25.2 Å². The van der Waals surface area contributed by atoms with Crippen molar-refractivity contribution in [2.75, 3.05) is 18.6 Å². The summed E-state index contributed by atoms with van der Waals surface area (Å²) in [5.41, 5.74) is 1.17. The molecule has 0 radical (unpaired) electrons. The molecule has 2 nitrogen and oxygen atoms in total. The smallest absolute Gasteiger partial charge is 0.204 e. The van der Waals surface area contributed by atoms with Gasteiger partial charge in [0.25, 0.3) is 0 Å². The van der Waals surface area contributed by atoms with Crippen LogP contribution in [0.1, 0.15) is 0 Å². The molecule has 72 valence electrons. The van der Waals surface area contributed by atoms with Gasteiger partial charge in [0.05, 0.1) is 0 Å². The monoisotopic (exact) mass is 195 g/mol. The van der Waals surface area contributed by atoms with Gasteiger partial charge in [0, 0.05) is 19.0 Å². The summed E-state index contributed by atoms with van der Waals surface area (Å²) in [6.45, 7) is 4.39. The molecular formula is C10H17NOSi. The Bertz CT molecular complexity index is 248. The number of hydrogen-bond donors (Lipinski definition) is 1. The van der Waals surface area contributed by atoms with E-state index in [0.717, 1.165) is 6.17 Å². The first-order valence-electron chi connectivity index (χ1n) is 4.48. The van der Waals surface area contributed by atoms with Gasteiger partial charge in [0.2, 0.25) is 8.32 Å². The zero-order valence-electron chi connectivity index (χ0n) is 8.50. The third-order valence-electron chi connectivity index (χ3n) is 2.04. The zero-order valence-corrected chi connectivity index (χ0v) is 9.50. The minimum absolute atomic E-state index is 0.952. The first-order chi connectivity index (χ1) is 6.14. The van der Waals surface area contributed by atoms with Crippen molar-refractivity contribution >= 4 is 14.0 Å². The molecule has 0 spiro atoms. The van der Waals surface area contributed by atoms with Crippen molar-refractivity contribution in [2.24, 2.45) is 0 Å². The molecule has 1 aromatic carbocycles. The maximum absolute atomic E-state index is 5.44. The summed E-state index contributed by atoms with van der Waals surface area (Å²) in [6.07, 6.45) is 0.952. The van der Waals surface area contributed by atoms with Crippen molar-refractivity contribution in [2.45, 2.75) is 13.1 Å². The third-order valence-corrected chi connectivity index (χ3v) is 4.18. The van der Waals surface area contributed by atoms with E-state index in [9.17, 15) is 0 Å². The van der Waals surface area contributed by atoms with Crippen molar-refractivity contribution in [3.8, 4) is 0 Å². The van der Waals surface area contributed by atoms with E-state index >= 15 is 0 Å². The molecule has 0 atom stereocenters. The Morgan fingerprint density at radius 2 is 1.85 bits per heavy atom. The van der Waals surface area contributed by atoms with E-state index in [0.29, 0.717) is 0 Å². The Labute approximate surface area is 81.1 Å². The quantitative estimate of drug-likeness (QED) is 0.745. The molecule has 0 aliphatic heterocycles. The molecule has 0 amide bonds. The number of rotatable bonds is 4. The van der Waals surface area contributed by atoms with Crippen LogP contribution in [0.25, 0.3) is 0 Å². The lowest BCUT2D eigenvalue weighted by Gasteiger charge is -2.20. The summed E-state index contributed by atoms with van der Waals surface area (Å²) in [6, 6.07) is 10.2. The summed E-state index contributed by atoms with van der Waals surface area (Å²) < 4.78 is 5.44. The molecule has 0 fully saturated rings. The molecule has 0 heterocycles. The zero-order chi connectivity index (χ0) is 9.73. The number of benzene rings is 1. The van der Waals surface area contributed by atoms with Gasteiger partial charge in [-0.3, -0.25) is 0 Å². The molecular weight excluding hydrogens is 178 g/mol. The second kappa shape index (κ2) is 4.44. The van der Waals surface area contributed by atoms with E-state index in [2.05, 4.69) is 30.5 Å². The highest BCUT2D eigenvalue weighted by Gasteiger charge is 2.19. The van der Waals surface area contributed by atoms with E-state index < -0.39 is 8.32 Å². The van der Waals surface area contributed by atoms with Gasteiger partial charge >= 0.3 is 0 Å². The van der Waals surface area contributed by atoms with Gasteiger partial charge < -0.3 is 9.74 Å². The minimum atomic E-state index is -1.47. The molecule has 0 saturated heterocycles. The molecule has 0 aliphatic carbocycles. The summed E-state index contributed by atoms with van der Waals surface area (Å²) in [7, 11) is 0.319. The summed E-state index contributed by atoms with van der Waals surface area (Å²) in [5.74, 6) is 0. The van der Waals surface area contributed by atoms with Crippen LogP contribution in [0.15, 0.2) is 30.3 Å². The van der Waals surface area contributed by atoms with Crippen LogP contribution >= 0.6 is 0 Å². The fourth-order valence-electron chi connectivity index (χ4n) is 0.943. The third kappa shape index (κ3) is 3.61. The average molecular weight is 195 g/mol. The van der Waals surface area contributed by atoms with Gasteiger partial charge in [0.15, 0.2) is 0 Å². The van der Waals surface area contributed by atoms with E-state index in [4.69, 9.17) is 4.43 Å². The fourth-order valence-corrected chi connectivity index (χ4v) is 1.72. The highest BCUT2D eigenvalue weighted by atomic mass is 28.4. The normalized spacial score (nSPS) is 11.3. The molecule has 0 bridgehead atoms. The first-order valence-corrected chi connectivity index (χ1v) is 7.60. The average Bonchev–Trinajstić information content (AvgIpc) is 2.17. The molecule has 1 aromatic rings. The number of nitrogens with one attached hydrogen (secondary N) is 1. The van der Waals surface area contributed by atoms with Crippen molar-refractivity contribution in [1.29, 1.82) is 0 Å². The lowest BCUT2D eigenvalue weighted by Crippen LogP contribution is -2.38. The summed E-state index contributed by atoms with van der Waals surface area (Å²) in [4.78, 5) is 0. The maximum atomic E-state index is 5.44. The highest BCUT2D eigenvalue weighted by Crippen LogP contribution is 2.08. The lowest BCUT2D eigenvalue weighted by atomic mass is 10.3. The molecule has 0 saturated carbocycles. The van der Waals surface area contributed by atoms with E-state index in [1.807, 2.05) is 18.2 Å². The van der Waals surface area contributed by atoms with E-state index in [1.165, 1.54) is 5.69 Å². The summed E-state index contributed by atoms with van der Waals surface area (Å²) >= 11 is 0.